The van der Waals surface area contributed by atoms with Crippen LogP contribution in [0.4, 0.5) is 0 Å². The van der Waals surface area contributed by atoms with E-state index in [0.29, 0.717) is 49.4 Å². The maximum atomic E-state index is 9.93. The topological polar surface area (TPSA) is 13.1 Å². The average Bonchev–Trinajstić information content (AvgIpc) is 3.61. The van der Waals surface area contributed by atoms with Gasteiger partial charge in [-0.25, -0.2) is 0 Å². The highest BCUT2D eigenvalue weighted by atomic mass is 16.3. The Labute approximate surface area is 275 Å². The lowest BCUT2D eigenvalue weighted by atomic mass is 9.83. The molecule has 1 aromatic heterocycles. The van der Waals surface area contributed by atoms with Gasteiger partial charge in [0.2, 0.25) is 0 Å². The first-order chi connectivity index (χ1) is 26.5. The van der Waals surface area contributed by atoms with Gasteiger partial charge in [-0.15, -0.1) is 0 Å². The minimum absolute atomic E-state index is 0.0170. The van der Waals surface area contributed by atoms with E-state index in [9.17, 15) is 5.48 Å². The molecule has 0 bridgehead atoms. The SMILES string of the molecule is [2H]c1c([2H])c(-c2ccccc2)c([2H])c(-c2c3ccccc3c(-c3c([2H])c(-c4ccccc4)c([2H])c4oc5c([2H])c([2H])c([2H])c([2H])c5c34)c3ccccc23)c1[2H]. The fraction of sp³-hybridized carbons (Fsp3) is 0. The van der Waals surface area contributed by atoms with Crippen molar-refractivity contribution in [3.63, 3.8) is 0 Å². The molecule has 1 nitrogen and oxygen atoms in total. The highest BCUT2D eigenvalue weighted by Crippen LogP contribution is 2.48. The summed E-state index contributed by atoms with van der Waals surface area (Å²) in [6.07, 6.45) is 0. The van der Waals surface area contributed by atoms with Crippen molar-refractivity contribution in [1.29, 1.82) is 0 Å². The molecule has 9 rings (SSSR count). The molecule has 1 heteroatoms. The van der Waals surface area contributed by atoms with Crippen LogP contribution in [0.25, 0.3) is 88.0 Å². The van der Waals surface area contributed by atoms with Crippen molar-refractivity contribution in [1.82, 2.24) is 0 Å². The molecule has 1 heterocycles. The quantitative estimate of drug-likeness (QED) is 0.188. The molecule has 0 aliphatic heterocycles. The fourth-order valence-electron chi connectivity index (χ4n) is 6.30. The maximum Gasteiger partial charge on any atom is 0.136 e. The molecule has 0 aliphatic rings. The van der Waals surface area contributed by atoms with E-state index in [1.165, 1.54) is 0 Å². The predicted molar refractivity (Wildman–Crippen MR) is 190 cm³/mol. The fourth-order valence-corrected chi connectivity index (χ4v) is 6.30. The molecule has 0 radical (unpaired) electrons. The second kappa shape index (κ2) is 10.4. The Bertz CT molecular complexity index is 3030. The third-order valence-corrected chi connectivity index (χ3v) is 8.25. The van der Waals surface area contributed by atoms with Gasteiger partial charge in [-0.1, -0.05) is 145 Å². The van der Waals surface area contributed by atoms with Gasteiger partial charge in [-0.3, -0.25) is 0 Å². The van der Waals surface area contributed by atoms with E-state index in [-0.39, 0.29) is 87.0 Å². The van der Waals surface area contributed by atoms with Crippen LogP contribution in [0, 0.1) is 0 Å². The van der Waals surface area contributed by atoms with Crippen molar-refractivity contribution in [2.24, 2.45) is 0 Å². The number of furan rings is 1. The maximum absolute atomic E-state index is 9.93. The minimum atomic E-state index is -0.473. The second-order valence-corrected chi connectivity index (χ2v) is 10.8. The average molecular weight is 583 g/mol. The van der Waals surface area contributed by atoms with Crippen LogP contribution < -0.4 is 0 Å². The lowest BCUT2D eigenvalue weighted by molar-refractivity contribution is 0.669. The molecule has 0 saturated carbocycles. The molecule has 0 aliphatic carbocycles. The van der Waals surface area contributed by atoms with Crippen molar-refractivity contribution in [3.05, 3.63) is 170 Å². The Morgan fingerprint density at radius 1 is 0.378 bits per heavy atom. The van der Waals surface area contributed by atoms with Crippen LogP contribution in [-0.2, 0) is 0 Å². The summed E-state index contributed by atoms with van der Waals surface area (Å²) in [6.45, 7) is 0. The summed E-state index contributed by atoms with van der Waals surface area (Å²) in [5.74, 6) is 0. The zero-order valence-electron chi connectivity index (χ0n) is 33.8. The predicted octanol–water partition coefficient (Wildman–Crippen LogP) is 12.6. The molecule has 0 atom stereocenters. The number of benzene rings is 8. The van der Waals surface area contributed by atoms with Gasteiger partial charge < -0.3 is 4.42 Å². The van der Waals surface area contributed by atoms with Crippen molar-refractivity contribution in [2.45, 2.75) is 0 Å². The Balaban J connectivity index is 1.52. The molecule has 0 amide bonds. The van der Waals surface area contributed by atoms with Crippen molar-refractivity contribution < 1.29 is 18.1 Å². The van der Waals surface area contributed by atoms with Gasteiger partial charge in [0.15, 0.2) is 0 Å². The highest BCUT2D eigenvalue weighted by molar-refractivity contribution is 6.26. The summed E-state index contributed by atoms with van der Waals surface area (Å²) in [4.78, 5) is 0. The van der Waals surface area contributed by atoms with Gasteiger partial charge in [0, 0.05) is 10.8 Å². The van der Waals surface area contributed by atoms with E-state index >= 15 is 0 Å². The van der Waals surface area contributed by atoms with Gasteiger partial charge >= 0.3 is 0 Å². The van der Waals surface area contributed by atoms with Gasteiger partial charge in [0.1, 0.15) is 11.2 Å². The molecule has 45 heavy (non-hydrogen) atoms. The third kappa shape index (κ3) is 4.17. The summed E-state index contributed by atoms with van der Waals surface area (Å²) in [5, 5.41) is 2.70. The molecule has 0 saturated heterocycles. The monoisotopic (exact) mass is 582 g/mol. The normalized spacial score (nSPS) is 14.7. The number of fused-ring (bicyclic) bond motifs is 5. The Hall–Kier alpha value is -5.92. The molecule has 210 valence electrons. The van der Waals surface area contributed by atoms with Gasteiger partial charge in [0.25, 0.3) is 0 Å². The van der Waals surface area contributed by atoms with Crippen LogP contribution in [0.15, 0.2) is 174 Å². The third-order valence-electron chi connectivity index (χ3n) is 8.25. The molecule has 0 fully saturated rings. The van der Waals surface area contributed by atoms with Crippen molar-refractivity contribution in [2.75, 3.05) is 0 Å². The standard InChI is InChI=1S/C44H28O/c1-3-14-29(15-4-1)31-18-13-19-32(26-31)42-34-20-7-9-22-36(34)43(37-23-10-8-21-35(37)42)39-27-33(30-16-5-2-6-17-30)28-41-44(39)38-24-11-12-25-40(38)45-41/h1-28H/i11D,12D,13D,18D,19D,24D,25D,26D,27D,28D. The number of rotatable bonds is 4. The Morgan fingerprint density at radius 3 is 1.60 bits per heavy atom. The van der Waals surface area contributed by atoms with Gasteiger partial charge in [-0.05, 0) is 90.2 Å². The van der Waals surface area contributed by atoms with Crippen LogP contribution in [0.2, 0.25) is 0 Å². The Morgan fingerprint density at radius 2 is 0.933 bits per heavy atom. The molecule has 0 spiro atoms. The van der Waals surface area contributed by atoms with Gasteiger partial charge in [0.05, 0.1) is 13.7 Å². The largest absolute Gasteiger partial charge is 0.456 e. The van der Waals surface area contributed by atoms with E-state index in [0.717, 1.165) is 0 Å². The van der Waals surface area contributed by atoms with E-state index in [2.05, 4.69) is 0 Å². The van der Waals surface area contributed by atoms with Crippen LogP contribution in [0.1, 0.15) is 13.7 Å². The molecule has 0 N–H and O–H groups in total. The minimum Gasteiger partial charge on any atom is -0.456 e. The first-order valence-electron chi connectivity index (χ1n) is 19.6. The summed E-state index contributed by atoms with van der Waals surface area (Å²) in [5.41, 5.74) is 3.10. The molecule has 9 aromatic rings. The van der Waals surface area contributed by atoms with Gasteiger partial charge in [-0.2, -0.15) is 0 Å². The van der Waals surface area contributed by atoms with E-state index < -0.39 is 12.1 Å². The smallest absolute Gasteiger partial charge is 0.136 e. The van der Waals surface area contributed by atoms with E-state index in [1.807, 2.05) is 72.8 Å². The zero-order valence-corrected chi connectivity index (χ0v) is 23.8. The lowest BCUT2D eigenvalue weighted by Crippen LogP contribution is -1.92. The van der Waals surface area contributed by atoms with Crippen molar-refractivity contribution in [3.8, 4) is 44.5 Å². The zero-order chi connectivity index (χ0) is 38.4. The molecule has 0 unspecified atom stereocenters. The highest BCUT2D eigenvalue weighted by Gasteiger charge is 2.21. The number of hydrogen-bond donors (Lipinski definition) is 0. The molecular weight excluding hydrogens is 544 g/mol. The van der Waals surface area contributed by atoms with Crippen LogP contribution in [-0.4, -0.2) is 0 Å². The first kappa shape index (κ1) is 17.4. The summed E-state index contributed by atoms with van der Waals surface area (Å²) >= 11 is 0. The van der Waals surface area contributed by atoms with Crippen LogP contribution >= 0.6 is 0 Å². The molecule has 8 aromatic carbocycles. The number of hydrogen-bond acceptors (Lipinski definition) is 1. The second-order valence-electron chi connectivity index (χ2n) is 10.8. The van der Waals surface area contributed by atoms with E-state index in [4.69, 9.17) is 12.6 Å². The Kier molecular flexibility index (Phi) is 4.01. The lowest BCUT2D eigenvalue weighted by Gasteiger charge is -2.19. The van der Waals surface area contributed by atoms with E-state index in [1.54, 1.807) is 36.4 Å². The number of para-hydroxylation sites is 1. The summed E-state index contributed by atoms with van der Waals surface area (Å²) in [7, 11) is 0. The first-order valence-corrected chi connectivity index (χ1v) is 14.6. The summed E-state index contributed by atoms with van der Waals surface area (Å²) in [6, 6.07) is 30.1. The summed E-state index contributed by atoms with van der Waals surface area (Å²) < 4.78 is 96.9. The van der Waals surface area contributed by atoms with Crippen LogP contribution in [0.3, 0.4) is 0 Å². The van der Waals surface area contributed by atoms with Crippen molar-refractivity contribution >= 4 is 43.5 Å². The molecular formula is C44H28O. The van der Waals surface area contributed by atoms with Crippen LogP contribution in [0.5, 0.6) is 0 Å².